The van der Waals surface area contributed by atoms with E-state index in [1.54, 1.807) is 37.5 Å². The minimum absolute atomic E-state index is 0.109. The lowest BCUT2D eigenvalue weighted by molar-refractivity contribution is 0.292. The third kappa shape index (κ3) is 4.83. The summed E-state index contributed by atoms with van der Waals surface area (Å²) in [6, 6.07) is 10.6. The van der Waals surface area contributed by atoms with E-state index >= 15 is 0 Å². The van der Waals surface area contributed by atoms with Gasteiger partial charge in [0.2, 0.25) is 10.0 Å². The molecule has 1 aliphatic carbocycles. The number of nitrogens with zero attached hydrogens (tertiary/aromatic N) is 4. The Morgan fingerprint density at radius 2 is 1.83 bits per heavy atom. The monoisotopic (exact) mass is 496 g/mol. The molecule has 2 heterocycles. The second-order valence-corrected chi connectivity index (χ2v) is 12.1. The van der Waals surface area contributed by atoms with E-state index in [2.05, 4.69) is 16.4 Å². The molecule has 1 aliphatic rings. The number of pyridine rings is 1. The summed E-state index contributed by atoms with van der Waals surface area (Å²) in [5.74, 6) is 0.210. The Labute approximate surface area is 205 Å². The predicted molar refractivity (Wildman–Crippen MR) is 136 cm³/mol. The number of benzene rings is 1. The standard InChI is InChI=1S/C25H32N6O3S/c1-25(2,3)30(4)35(33,34)19-12-10-18(11-13-19)28-23-22-21(14-15-27-24(22)32)31(29-23)20-9-7-5-6-8-17(20)16-26/h10-15,17,20H,5-9H2,1-4H3,(H,27,32)(H,28,29)/t17-,20+/m1/s1. The number of aromatic nitrogens is 3. The number of rotatable bonds is 5. The number of sulfonamides is 1. The lowest BCUT2D eigenvalue weighted by atomic mass is 9.96. The Bertz CT molecular complexity index is 1410. The van der Waals surface area contributed by atoms with Gasteiger partial charge in [0.25, 0.3) is 5.56 Å². The summed E-state index contributed by atoms with van der Waals surface area (Å²) in [4.78, 5) is 15.7. The lowest BCUT2D eigenvalue weighted by Gasteiger charge is -2.30. The van der Waals surface area contributed by atoms with E-state index in [1.807, 2.05) is 31.5 Å². The maximum absolute atomic E-state index is 13.0. The van der Waals surface area contributed by atoms with Crippen molar-refractivity contribution in [1.82, 2.24) is 19.1 Å². The van der Waals surface area contributed by atoms with Crippen molar-refractivity contribution < 1.29 is 8.42 Å². The Morgan fingerprint density at radius 3 is 2.49 bits per heavy atom. The van der Waals surface area contributed by atoms with Crippen LogP contribution in [0.25, 0.3) is 10.9 Å². The first-order valence-corrected chi connectivity index (χ1v) is 13.3. The molecule has 0 spiro atoms. The van der Waals surface area contributed by atoms with Crippen molar-refractivity contribution in [3.8, 4) is 6.07 Å². The number of hydrogen-bond acceptors (Lipinski definition) is 6. The summed E-state index contributed by atoms with van der Waals surface area (Å²) in [5, 5.41) is 18.1. The van der Waals surface area contributed by atoms with Gasteiger partial charge in [-0.05, 0) is 63.9 Å². The van der Waals surface area contributed by atoms with Crippen LogP contribution in [-0.2, 0) is 10.0 Å². The first-order chi connectivity index (χ1) is 16.5. The minimum atomic E-state index is -3.65. The van der Waals surface area contributed by atoms with Crippen LogP contribution in [-0.4, -0.2) is 40.1 Å². The zero-order valence-electron chi connectivity index (χ0n) is 20.6. The van der Waals surface area contributed by atoms with Crippen molar-refractivity contribution in [2.75, 3.05) is 12.4 Å². The molecule has 1 saturated carbocycles. The van der Waals surface area contributed by atoms with Crippen molar-refractivity contribution in [3.05, 3.63) is 46.9 Å². The van der Waals surface area contributed by atoms with E-state index in [4.69, 9.17) is 5.10 Å². The summed E-state index contributed by atoms with van der Waals surface area (Å²) in [6.07, 6.45) is 6.34. The highest BCUT2D eigenvalue weighted by molar-refractivity contribution is 7.89. The molecule has 2 N–H and O–H groups in total. The predicted octanol–water partition coefficient (Wildman–Crippen LogP) is 4.53. The number of nitriles is 1. The molecule has 0 amide bonds. The van der Waals surface area contributed by atoms with Crippen LogP contribution >= 0.6 is 0 Å². The highest BCUT2D eigenvalue weighted by atomic mass is 32.2. The molecule has 35 heavy (non-hydrogen) atoms. The average molecular weight is 497 g/mol. The molecule has 9 nitrogen and oxygen atoms in total. The van der Waals surface area contributed by atoms with Crippen LogP contribution in [0.5, 0.6) is 0 Å². The first-order valence-electron chi connectivity index (χ1n) is 11.9. The quantitative estimate of drug-likeness (QED) is 0.500. The van der Waals surface area contributed by atoms with Gasteiger partial charge in [-0.2, -0.15) is 14.7 Å². The third-order valence-electron chi connectivity index (χ3n) is 6.81. The van der Waals surface area contributed by atoms with Gasteiger partial charge in [-0.15, -0.1) is 0 Å². The van der Waals surface area contributed by atoms with Gasteiger partial charge >= 0.3 is 0 Å². The fraction of sp³-hybridized carbons (Fsp3) is 0.480. The van der Waals surface area contributed by atoms with Crippen LogP contribution < -0.4 is 10.9 Å². The van der Waals surface area contributed by atoms with Crippen LogP contribution in [0.15, 0.2) is 46.2 Å². The third-order valence-corrected chi connectivity index (χ3v) is 8.95. The number of aromatic amines is 1. The van der Waals surface area contributed by atoms with Gasteiger partial charge in [-0.25, -0.2) is 8.42 Å². The Hall–Kier alpha value is -3.16. The molecule has 2 aromatic heterocycles. The molecule has 2 atom stereocenters. The minimum Gasteiger partial charge on any atom is -0.338 e. The molecule has 0 saturated heterocycles. The maximum atomic E-state index is 13.0. The topological polar surface area (TPSA) is 124 Å². The van der Waals surface area contributed by atoms with E-state index in [0.29, 0.717) is 22.4 Å². The van der Waals surface area contributed by atoms with E-state index < -0.39 is 15.6 Å². The van der Waals surface area contributed by atoms with Crippen molar-refractivity contribution in [3.63, 3.8) is 0 Å². The summed E-state index contributed by atoms with van der Waals surface area (Å²) >= 11 is 0. The lowest BCUT2D eigenvalue weighted by Crippen LogP contribution is -2.42. The second-order valence-electron chi connectivity index (χ2n) is 10.1. The van der Waals surface area contributed by atoms with Crippen molar-refractivity contribution in [2.24, 2.45) is 5.92 Å². The molecular weight excluding hydrogens is 464 g/mol. The molecule has 0 unspecified atom stereocenters. The van der Waals surface area contributed by atoms with Crippen molar-refractivity contribution >= 4 is 32.4 Å². The summed E-state index contributed by atoms with van der Waals surface area (Å²) in [6.45, 7) is 5.51. The number of H-pyrrole nitrogens is 1. The SMILES string of the molecule is CN(C(C)(C)C)S(=O)(=O)c1ccc(Nc2nn([C@H]3CCCCC[C@@H]3C#N)c3cc[nH]c(=O)c23)cc1. The van der Waals surface area contributed by atoms with E-state index in [9.17, 15) is 18.5 Å². The Kier molecular flexibility index (Phi) is 6.75. The Morgan fingerprint density at radius 1 is 1.14 bits per heavy atom. The number of anilines is 2. The average Bonchev–Trinajstić information content (AvgIpc) is 3.01. The zero-order valence-corrected chi connectivity index (χ0v) is 21.4. The molecule has 186 valence electrons. The Balaban J connectivity index is 1.70. The van der Waals surface area contributed by atoms with Crippen molar-refractivity contribution in [1.29, 1.82) is 5.26 Å². The fourth-order valence-corrected chi connectivity index (χ4v) is 6.05. The van der Waals surface area contributed by atoms with Gasteiger partial charge in [0.15, 0.2) is 5.82 Å². The van der Waals surface area contributed by atoms with Gasteiger partial charge < -0.3 is 10.3 Å². The van der Waals surface area contributed by atoms with Gasteiger partial charge in [0.05, 0.1) is 28.4 Å². The second kappa shape index (κ2) is 9.47. The van der Waals surface area contributed by atoms with Gasteiger partial charge in [-0.3, -0.25) is 9.48 Å². The highest BCUT2D eigenvalue weighted by Crippen LogP contribution is 2.36. The van der Waals surface area contributed by atoms with Crippen LogP contribution in [0.1, 0.15) is 58.9 Å². The van der Waals surface area contributed by atoms with Gasteiger partial charge in [-0.1, -0.05) is 19.3 Å². The number of nitrogens with one attached hydrogen (secondary N) is 2. The molecule has 1 aromatic carbocycles. The molecule has 0 radical (unpaired) electrons. The largest absolute Gasteiger partial charge is 0.338 e. The first kappa shape index (κ1) is 24.9. The van der Waals surface area contributed by atoms with Gasteiger partial charge in [0.1, 0.15) is 5.39 Å². The van der Waals surface area contributed by atoms with Gasteiger partial charge in [0, 0.05) is 24.5 Å². The zero-order chi connectivity index (χ0) is 25.4. The molecular formula is C25H32N6O3S. The molecule has 1 fully saturated rings. The van der Waals surface area contributed by atoms with E-state index in [1.165, 1.54) is 4.31 Å². The molecule has 4 rings (SSSR count). The fourth-order valence-electron chi connectivity index (χ4n) is 4.54. The van der Waals surface area contributed by atoms with Crippen LogP contribution in [0.4, 0.5) is 11.5 Å². The normalized spacial score (nSPS) is 19.4. The van der Waals surface area contributed by atoms with Crippen LogP contribution in [0.3, 0.4) is 0 Å². The summed E-state index contributed by atoms with van der Waals surface area (Å²) in [5.41, 5.74) is 0.454. The summed E-state index contributed by atoms with van der Waals surface area (Å²) in [7, 11) is -2.09. The van der Waals surface area contributed by atoms with E-state index in [-0.39, 0.29) is 22.4 Å². The van der Waals surface area contributed by atoms with Crippen LogP contribution in [0.2, 0.25) is 0 Å². The molecule has 0 bridgehead atoms. The highest BCUT2D eigenvalue weighted by Gasteiger charge is 2.31. The smallest absolute Gasteiger partial charge is 0.261 e. The molecule has 0 aliphatic heterocycles. The van der Waals surface area contributed by atoms with Crippen molar-refractivity contribution in [2.45, 2.75) is 69.4 Å². The molecule has 3 aromatic rings. The van der Waals surface area contributed by atoms with Crippen LogP contribution in [0, 0.1) is 17.2 Å². The maximum Gasteiger partial charge on any atom is 0.261 e. The number of fused-ring (bicyclic) bond motifs is 1. The summed E-state index contributed by atoms with van der Waals surface area (Å²) < 4.78 is 29.1. The number of hydrogen-bond donors (Lipinski definition) is 2. The van der Waals surface area contributed by atoms with E-state index in [0.717, 1.165) is 32.1 Å². The molecule has 10 heteroatoms.